The van der Waals surface area contributed by atoms with Crippen LogP contribution < -0.4 is 4.74 Å². The highest BCUT2D eigenvalue weighted by atomic mass is 79.9. The molecule has 0 saturated heterocycles. The number of carbonyl (C=O) groups is 1. The first kappa shape index (κ1) is 13.4. The summed E-state index contributed by atoms with van der Waals surface area (Å²) in [6, 6.07) is 7.85. The number of nitrogens with zero attached hydrogens (tertiary/aromatic N) is 1. The predicted octanol–water partition coefficient (Wildman–Crippen LogP) is 3.90. The Kier molecular flexibility index (Phi) is 3.66. The molecule has 1 heterocycles. The molecule has 1 aromatic carbocycles. The van der Waals surface area contributed by atoms with E-state index in [2.05, 4.69) is 15.9 Å². The average molecular weight is 334 g/mol. The minimum Gasteiger partial charge on any atom is -0.496 e. The summed E-state index contributed by atoms with van der Waals surface area (Å²) in [5.41, 5.74) is 1.91. The second-order valence-electron chi connectivity index (χ2n) is 5.17. The Morgan fingerprint density at radius 2 is 2.20 bits per heavy atom. The first-order valence-corrected chi connectivity index (χ1v) is 7.49. The van der Waals surface area contributed by atoms with Gasteiger partial charge in [0.15, 0.2) is 5.78 Å². The van der Waals surface area contributed by atoms with Crippen molar-refractivity contribution in [2.24, 2.45) is 5.92 Å². The normalized spacial score (nSPS) is 14.3. The van der Waals surface area contributed by atoms with E-state index in [0.717, 1.165) is 34.2 Å². The topological polar surface area (TPSA) is 31.2 Å². The number of ketones is 1. The molecule has 0 atom stereocenters. The Labute approximate surface area is 126 Å². The third-order valence-corrected chi connectivity index (χ3v) is 4.07. The van der Waals surface area contributed by atoms with E-state index >= 15 is 0 Å². The Balaban J connectivity index is 1.80. The van der Waals surface area contributed by atoms with E-state index in [9.17, 15) is 4.79 Å². The third-order valence-electron chi connectivity index (χ3n) is 3.58. The molecule has 4 heteroatoms. The maximum absolute atomic E-state index is 12.0. The van der Waals surface area contributed by atoms with E-state index in [1.54, 1.807) is 7.11 Å². The van der Waals surface area contributed by atoms with Crippen LogP contribution in [-0.4, -0.2) is 17.5 Å². The van der Waals surface area contributed by atoms with Gasteiger partial charge in [0.05, 0.1) is 13.7 Å². The zero-order valence-corrected chi connectivity index (χ0v) is 12.9. The fourth-order valence-electron chi connectivity index (χ4n) is 2.33. The second kappa shape index (κ2) is 5.44. The van der Waals surface area contributed by atoms with Gasteiger partial charge in [-0.1, -0.05) is 15.9 Å². The van der Waals surface area contributed by atoms with Crippen LogP contribution in [0.1, 0.15) is 28.8 Å². The number of carbonyl (C=O) groups excluding carboxylic acids is 1. The monoisotopic (exact) mass is 333 g/mol. The van der Waals surface area contributed by atoms with Crippen LogP contribution in [0.25, 0.3) is 0 Å². The van der Waals surface area contributed by atoms with Gasteiger partial charge in [-0.3, -0.25) is 4.79 Å². The highest BCUT2D eigenvalue weighted by molar-refractivity contribution is 9.10. The van der Waals surface area contributed by atoms with Crippen molar-refractivity contribution in [3.8, 4) is 5.75 Å². The lowest BCUT2D eigenvalue weighted by Crippen LogP contribution is -2.02. The average Bonchev–Trinajstić information content (AvgIpc) is 3.19. The molecule has 0 spiro atoms. The van der Waals surface area contributed by atoms with Crippen LogP contribution in [-0.2, 0) is 6.54 Å². The summed E-state index contributed by atoms with van der Waals surface area (Å²) in [5, 5.41) is 0. The molecule has 0 bridgehead atoms. The Hall–Kier alpha value is -1.55. The molecule has 0 amide bonds. The summed E-state index contributed by atoms with van der Waals surface area (Å²) in [7, 11) is 1.67. The molecule has 1 fully saturated rings. The van der Waals surface area contributed by atoms with Crippen LogP contribution in [0.5, 0.6) is 5.75 Å². The van der Waals surface area contributed by atoms with E-state index in [1.807, 2.05) is 41.2 Å². The fourth-order valence-corrected chi connectivity index (χ4v) is 2.74. The van der Waals surface area contributed by atoms with Crippen molar-refractivity contribution < 1.29 is 9.53 Å². The SMILES string of the molecule is COc1ccc(Br)cc1Cn1ccc(C(=O)C2CC2)c1. The lowest BCUT2D eigenvalue weighted by atomic mass is 10.1. The molecular formula is C16H16BrNO2. The van der Waals surface area contributed by atoms with Crippen LogP contribution >= 0.6 is 15.9 Å². The van der Waals surface area contributed by atoms with Gasteiger partial charge in [-0.2, -0.15) is 0 Å². The van der Waals surface area contributed by atoms with Gasteiger partial charge >= 0.3 is 0 Å². The molecule has 3 nitrogen and oxygen atoms in total. The second-order valence-corrected chi connectivity index (χ2v) is 6.08. The fraction of sp³-hybridized carbons (Fsp3) is 0.312. The van der Waals surface area contributed by atoms with Crippen molar-refractivity contribution in [3.63, 3.8) is 0 Å². The molecule has 104 valence electrons. The van der Waals surface area contributed by atoms with Crippen molar-refractivity contribution in [2.75, 3.05) is 7.11 Å². The minimum absolute atomic E-state index is 0.270. The highest BCUT2D eigenvalue weighted by Crippen LogP contribution is 2.32. The zero-order chi connectivity index (χ0) is 14.1. The third kappa shape index (κ3) is 2.80. The van der Waals surface area contributed by atoms with Gasteiger partial charge in [0.1, 0.15) is 5.75 Å². The summed E-state index contributed by atoms with van der Waals surface area (Å²) < 4.78 is 8.42. The number of halogens is 1. The molecule has 20 heavy (non-hydrogen) atoms. The highest BCUT2D eigenvalue weighted by Gasteiger charge is 2.30. The van der Waals surface area contributed by atoms with E-state index in [4.69, 9.17) is 4.74 Å². The van der Waals surface area contributed by atoms with E-state index in [-0.39, 0.29) is 11.7 Å². The number of aromatic nitrogens is 1. The number of benzene rings is 1. The number of Topliss-reactive ketones (excluding diaryl/α,β-unsaturated/α-hetero) is 1. The van der Waals surface area contributed by atoms with Crippen molar-refractivity contribution in [2.45, 2.75) is 19.4 Å². The standard InChI is InChI=1S/C16H16BrNO2/c1-20-15-5-4-14(17)8-13(15)10-18-7-6-12(9-18)16(19)11-2-3-11/h4-9,11H,2-3,10H2,1H3. The van der Waals surface area contributed by atoms with Crippen LogP contribution in [0.3, 0.4) is 0 Å². The zero-order valence-electron chi connectivity index (χ0n) is 11.3. The number of rotatable bonds is 5. The lowest BCUT2D eigenvalue weighted by Gasteiger charge is -2.09. The molecule has 0 aliphatic heterocycles. The molecule has 0 unspecified atom stereocenters. The largest absolute Gasteiger partial charge is 0.496 e. The number of hydrogen-bond donors (Lipinski definition) is 0. The first-order valence-electron chi connectivity index (χ1n) is 6.70. The van der Waals surface area contributed by atoms with Gasteiger partial charge in [-0.05, 0) is 37.1 Å². The Bertz CT molecular complexity index is 644. The smallest absolute Gasteiger partial charge is 0.167 e. The Morgan fingerprint density at radius 3 is 2.90 bits per heavy atom. The number of hydrogen-bond acceptors (Lipinski definition) is 2. The summed E-state index contributed by atoms with van der Waals surface area (Å²) in [6.45, 7) is 0.695. The van der Waals surface area contributed by atoms with Crippen LogP contribution in [0.4, 0.5) is 0 Å². The van der Waals surface area contributed by atoms with Crippen molar-refractivity contribution in [1.82, 2.24) is 4.57 Å². The number of methoxy groups -OCH3 is 1. The van der Waals surface area contributed by atoms with Crippen LogP contribution in [0.15, 0.2) is 41.1 Å². The molecule has 1 aliphatic rings. The molecule has 1 aromatic heterocycles. The summed E-state index contributed by atoms with van der Waals surface area (Å²) >= 11 is 3.48. The van der Waals surface area contributed by atoms with Gasteiger partial charge in [0.2, 0.25) is 0 Å². The van der Waals surface area contributed by atoms with Crippen LogP contribution in [0.2, 0.25) is 0 Å². The van der Waals surface area contributed by atoms with E-state index in [0.29, 0.717) is 6.54 Å². The van der Waals surface area contributed by atoms with Gasteiger partial charge in [0, 0.05) is 33.9 Å². The molecule has 1 aliphatic carbocycles. The summed E-state index contributed by atoms with van der Waals surface area (Å²) in [5.74, 6) is 1.41. The number of ether oxygens (including phenoxy) is 1. The predicted molar refractivity (Wildman–Crippen MR) is 81.3 cm³/mol. The molecule has 2 aromatic rings. The van der Waals surface area contributed by atoms with E-state index < -0.39 is 0 Å². The first-order chi connectivity index (χ1) is 9.67. The quantitative estimate of drug-likeness (QED) is 0.777. The van der Waals surface area contributed by atoms with Gasteiger partial charge in [-0.15, -0.1) is 0 Å². The van der Waals surface area contributed by atoms with E-state index in [1.165, 1.54) is 0 Å². The van der Waals surface area contributed by atoms with Gasteiger partial charge < -0.3 is 9.30 Å². The van der Waals surface area contributed by atoms with Crippen LogP contribution in [0, 0.1) is 5.92 Å². The maximum Gasteiger partial charge on any atom is 0.167 e. The van der Waals surface area contributed by atoms with Gasteiger partial charge in [0.25, 0.3) is 0 Å². The lowest BCUT2D eigenvalue weighted by molar-refractivity contribution is 0.0967. The Morgan fingerprint density at radius 1 is 1.40 bits per heavy atom. The van der Waals surface area contributed by atoms with Crippen molar-refractivity contribution in [1.29, 1.82) is 0 Å². The molecular weight excluding hydrogens is 318 g/mol. The maximum atomic E-state index is 12.0. The molecule has 0 radical (unpaired) electrons. The molecule has 1 saturated carbocycles. The van der Waals surface area contributed by atoms with Gasteiger partial charge in [-0.25, -0.2) is 0 Å². The summed E-state index contributed by atoms with van der Waals surface area (Å²) in [4.78, 5) is 12.0. The molecule has 3 rings (SSSR count). The molecule has 0 N–H and O–H groups in total. The minimum atomic E-state index is 0.270. The summed E-state index contributed by atoms with van der Waals surface area (Å²) in [6.07, 6.45) is 5.98. The van der Waals surface area contributed by atoms with Crippen molar-refractivity contribution >= 4 is 21.7 Å². The van der Waals surface area contributed by atoms with Crippen molar-refractivity contribution in [3.05, 3.63) is 52.3 Å².